The number of alkyl halides is 6. The van der Waals surface area contributed by atoms with Gasteiger partial charge >= 0.3 is 0 Å². The summed E-state index contributed by atoms with van der Waals surface area (Å²) in [4.78, 5) is 34.6. The lowest BCUT2D eigenvalue weighted by Gasteiger charge is -2.29. The molecule has 0 saturated carbocycles. The highest BCUT2D eigenvalue weighted by Gasteiger charge is 2.55. The molecule has 6 rings (SSSR count). The average Bonchev–Trinajstić information content (AvgIpc) is 3.76. The van der Waals surface area contributed by atoms with E-state index in [1.807, 2.05) is 0 Å². The minimum absolute atomic E-state index is 0.00452. The Labute approximate surface area is 299 Å². The number of rotatable bonds is 14. The van der Waals surface area contributed by atoms with Gasteiger partial charge in [-0.05, 0) is 41.8 Å². The third-order valence-corrected chi connectivity index (χ3v) is 8.70. The summed E-state index contributed by atoms with van der Waals surface area (Å²) in [7, 11) is 0. The van der Waals surface area contributed by atoms with Gasteiger partial charge in [-0.15, -0.1) is 5.10 Å². The van der Waals surface area contributed by atoms with Crippen molar-refractivity contribution in [1.29, 1.82) is 0 Å². The standard InChI is InChI=1S/C34H28F9N9O2/c35-20-10-17(11-21(36)14-20)9-19(12-22(53)16-52-29-26(28(49-52)30(38)39)33(40,41)3-4-34(29,42)43)27-24(18-1-2-25(37)23(13-18)31(44)54)15-46-32(48-27)45-5-7-51-8-6-47-50-51/h1-2,6,8,10-11,13-15,19,30H,3-5,7,9,12,16H2,(H2,44,54)(H,45,46,48)/t19-/m1/s1. The number of carbonyl (C=O) groups is 2. The highest BCUT2D eigenvalue weighted by molar-refractivity contribution is 5.94. The predicted octanol–water partition coefficient (Wildman–Crippen LogP) is 6.46. The molecule has 3 N–H and O–H groups in total. The van der Waals surface area contributed by atoms with Crippen molar-refractivity contribution in [2.45, 2.75) is 63.0 Å². The van der Waals surface area contributed by atoms with Gasteiger partial charge in [0.05, 0.1) is 29.6 Å². The van der Waals surface area contributed by atoms with E-state index in [0.29, 0.717) is 6.07 Å². The van der Waals surface area contributed by atoms with Crippen molar-refractivity contribution in [2.75, 3.05) is 11.9 Å². The van der Waals surface area contributed by atoms with Crippen LogP contribution in [0.15, 0.2) is 55.0 Å². The van der Waals surface area contributed by atoms with Gasteiger partial charge in [0, 0.05) is 55.7 Å². The summed E-state index contributed by atoms with van der Waals surface area (Å²) in [5.41, 5.74) is 0.240. The lowest BCUT2D eigenvalue weighted by molar-refractivity contribution is -0.121. The number of hydrogen-bond donors (Lipinski definition) is 2. The SMILES string of the molecule is NC(=O)c1cc(-c2cnc(NCCn3ccnn3)nc2[C@@H](CC(=O)Cn2nc(C(F)F)c3c2C(F)(F)CCC3(F)F)Cc2cc(F)cc(F)c2)ccc1F. The number of carbonyl (C=O) groups excluding carboxylic acids is 2. The molecule has 5 aromatic rings. The van der Waals surface area contributed by atoms with E-state index in [0.717, 1.165) is 24.3 Å². The Morgan fingerprint density at radius 2 is 1.69 bits per heavy atom. The van der Waals surface area contributed by atoms with Gasteiger partial charge in [-0.1, -0.05) is 11.3 Å². The van der Waals surface area contributed by atoms with Gasteiger partial charge in [0.15, 0.2) is 5.78 Å². The average molecular weight is 766 g/mol. The molecule has 0 spiro atoms. The molecular formula is C34H28F9N9O2. The highest BCUT2D eigenvalue weighted by Crippen LogP contribution is 2.52. The molecule has 284 valence electrons. The van der Waals surface area contributed by atoms with E-state index in [9.17, 15) is 40.3 Å². The highest BCUT2D eigenvalue weighted by atomic mass is 19.3. The number of fused-ring (bicyclic) bond motifs is 1. The summed E-state index contributed by atoms with van der Waals surface area (Å²) in [5, 5.41) is 13.8. The van der Waals surface area contributed by atoms with E-state index in [1.54, 1.807) is 6.20 Å². The number of amides is 1. The van der Waals surface area contributed by atoms with Gasteiger partial charge in [-0.25, -0.2) is 40.7 Å². The Balaban J connectivity index is 1.43. The minimum Gasteiger partial charge on any atom is -0.366 e. The second kappa shape index (κ2) is 14.9. The topological polar surface area (TPSA) is 146 Å². The van der Waals surface area contributed by atoms with Crippen LogP contribution < -0.4 is 11.1 Å². The molecule has 0 saturated heterocycles. The first-order valence-electron chi connectivity index (χ1n) is 16.2. The van der Waals surface area contributed by atoms with Gasteiger partial charge in [0.1, 0.15) is 35.4 Å². The maximum Gasteiger partial charge on any atom is 0.290 e. The van der Waals surface area contributed by atoms with Crippen molar-refractivity contribution in [1.82, 2.24) is 34.7 Å². The second-order valence-corrected chi connectivity index (χ2v) is 12.5. The predicted molar refractivity (Wildman–Crippen MR) is 171 cm³/mol. The molecule has 11 nitrogen and oxygen atoms in total. The third-order valence-electron chi connectivity index (χ3n) is 8.70. The zero-order valence-corrected chi connectivity index (χ0v) is 27.7. The molecule has 1 amide bonds. The lowest BCUT2D eigenvalue weighted by Crippen LogP contribution is -2.33. The minimum atomic E-state index is -4.08. The number of hydrogen-bond acceptors (Lipinski definition) is 8. The van der Waals surface area contributed by atoms with E-state index < -0.39 is 102 Å². The number of nitrogens with two attached hydrogens (primary N) is 1. The van der Waals surface area contributed by atoms with E-state index >= 15 is 8.78 Å². The number of nitrogens with zero attached hydrogens (tertiary/aromatic N) is 7. The van der Waals surface area contributed by atoms with Crippen molar-refractivity contribution < 1.29 is 49.1 Å². The van der Waals surface area contributed by atoms with E-state index in [2.05, 4.69) is 30.7 Å². The summed E-state index contributed by atoms with van der Waals surface area (Å²) in [6.45, 7) is -0.706. The van der Waals surface area contributed by atoms with E-state index in [-0.39, 0.29) is 52.5 Å². The van der Waals surface area contributed by atoms with Crippen molar-refractivity contribution >= 4 is 17.6 Å². The van der Waals surface area contributed by atoms with Crippen LogP contribution in [-0.4, -0.2) is 53.0 Å². The van der Waals surface area contributed by atoms with Gasteiger partial charge < -0.3 is 11.1 Å². The largest absolute Gasteiger partial charge is 0.366 e. The van der Waals surface area contributed by atoms with Crippen LogP contribution in [0.1, 0.15) is 70.2 Å². The number of nitrogens with one attached hydrogen (secondary N) is 1. The Bertz CT molecular complexity index is 2170. The molecule has 1 aliphatic rings. The van der Waals surface area contributed by atoms with E-state index in [4.69, 9.17) is 5.73 Å². The van der Waals surface area contributed by atoms with Crippen LogP contribution in [0.4, 0.5) is 45.5 Å². The van der Waals surface area contributed by atoms with Gasteiger partial charge in [-0.3, -0.25) is 19.0 Å². The van der Waals surface area contributed by atoms with Crippen LogP contribution in [0.3, 0.4) is 0 Å². The van der Waals surface area contributed by atoms with Crippen LogP contribution in [-0.2, 0) is 36.1 Å². The summed E-state index contributed by atoms with van der Waals surface area (Å²) >= 11 is 0. The smallest absolute Gasteiger partial charge is 0.290 e. The van der Waals surface area contributed by atoms with Crippen LogP contribution in [0.5, 0.6) is 0 Å². The number of ketones is 1. The molecule has 3 heterocycles. The quantitative estimate of drug-likeness (QED) is 0.123. The van der Waals surface area contributed by atoms with Gasteiger partial charge in [0.2, 0.25) is 5.95 Å². The van der Waals surface area contributed by atoms with Crippen LogP contribution in [0, 0.1) is 17.5 Å². The number of anilines is 1. The van der Waals surface area contributed by atoms with Crippen molar-refractivity contribution in [3.05, 3.63) is 106 Å². The molecule has 2 aromatic carbocycles. The monoisotopic (exact) mass is 765 g/mol. The number of halogens is 9. The molecular weight excluding hydrogens is 737 g/mol. The third kappa shape index (κ3) is 8.05. The Hall–Kier alpha value is -5.82. The summed E-state index contributed by atoms with van der Waals surface area (Å²) in [6, 6.07) is 5.78. The lowest BCUT2D eigenvalue weighted by atomic mass is 9.86. The first-order chi connectivity index (χ1) is 25.5. The molecule has 54 heavy (non-hydrogen) atoms. The first kappa shape index (κ1) is 37.9. The summed E-state index contributed by atoms with van der Waals surface area (Å²) in [5.74, 6) is -14.4. The van der Waals surface area contributed by atoms with Crippen LogP contribution >= 0.6 is 0 Å². The fourth-order valence-electron chi connectivity index (χ4n) is 6.35. The molecule has 1 atom stereocenters. The van der Waals surface area contributed by atoms with Gasteiger partial charge in [-0.2, -0.15) is 13.9 Å². The van der Waals surface area contributed by atoms with Crippen molar-refractivity contribution in [3.8, 4) is 11.1 Å². The number of primary amides is 1. The number of Topliss-reactive ketones (excluding diaryl/α,β-unsaturated/α-hetero) is 1. The fraction of sp³-hybridized carbons (Fsp3) is 0.324. The second-order valence-electron chi connectivity index (χ2n) is 12.5. The van der Waals surface area contributed by atoms with Crippen molar-refractivity contribution in [2.24, 2.45) is 5.73 Å². The molecule has 0 radical (unpaired) electrons. The maximum absolute atomic E-state index is 15.1. The number of benzene rings is 2. The first-order valence-corrected chi connectivity index (χ1v) is 16.2. The van der Waals surface area contributed by atoms with Crippen LogP contribution in [0.2, 0.25) is 0 Å². The zero-order chi connectivity index (χ0) is 38.9. The molecule has 20 heteroatoms. The summed E-state index contributed by atoms with van der Waals surface area (Å²) in [6.07, 6.45) is -3.28. The molecule has 1 aliphatic carbocycles. The van der Waals surface area contributed by atoms with Crippen molar-refractivity contribution in [3.63, 3.8) is 0 Å². The van der Waals surface area contributed by atoms with Crippen LogP contribution in [0.25, 0.3) is 11.1 Å². The zero-order valence-electron chi connectivity index (χ0n) is 27.7. The Kier molecular flexibility index (Phi) is 10.5. The van der Waals surface area contributed by atoms with E-state index in [1.165, 1.54) is 23.1 Å². The Morgan fingerprint density at radius 1 is 0.963 bits per heavy atom. The van der Waals surface area contributed by atoms with Gasteiger partial charge in [0.25, 0.3) is 24.2 Å². The Morgan fingerprint density at radius 3 is 2.35 bits per heavy atom. The fourth-order valence-corrected chi connectivity index (χ4v) is 6.35. The molecule has 0 unspecified atom stereocenters. The normalized spacial score (nSPS) is 15.2. The maximum atomic E-state index is 15.1. The molecule has 3 aromatic heterocycles. The number of aromatic nitrogens is 7. The molecule has 0 aliphatic heterocycles. The molecule has 0 bridgehead atoms. The summed E-state index contributed by atoms with van der Waals surface area (Å²) < 4.78 is 132. The molecule has 0 fully saturated rings.